The second-order valence-electron chi connectivity index (χ2n) is 7.42. The zero-order chi connectivity index (χ0) is 23.4. The largest absolute Gasteiger partial charge is 0.497 e. The van der Waals surface area contributed by atoms with Crippen LogP contribution in [0.1, 0.15) is 17.5 Å². The van der Waals surface area contributed by atoms with Gasteiger partial charge in [0.1, 0.15) is 5.75 Å². The number of methoxy groups -OCH3 is 1. The average molecular weight is 500 g/mol. The molecule has 0 bridgehead atoms. The van der Waals surface area contributed by atoms with Crippen molar-refractivity contribution in [2.45, 2.75) is 6.42 Å². The molecule has 4 rings (SSSR count). The van der Waals surface area contributed by atoms with Gasteiger partial charge in [-0.05, 0) is 54.8 Å². The quantitative estimate of drug-likeness (QED) is 0.217. The highest BCUT2D eigenvalue weighted by molar-refractivity contribution is 8.22. The molecule has 1 aliphatic rings. The molecule has 0 aliphatic carbocycles. The lowest BCUT2D eigenvalue weighted by Crippen LogP contribution is -2.18. The van der Waals surface area contributed by atoms with E-state index in [4.69, 9.17) is 9.29 Å². The standard InChI is InChI=1S/C25H25NO4S3/c1-30-19-14-12-18(13-15-19)26-22-10-5-3-8-20(22)24(21-9-4-6-11-23(21)26)25(31-2)32-16-7-17-33(27,28)29/h3-6,8-15H,7,16-17H2,1-2H3,(H,27,28,29). The van der Waals surface area contributed by atoms with Gasteiger partial charge in [-0.3, -0.25) is 4.55 Å². The Bertz CT molecular complexity index is 1220. The maximum absolute atomic E-state index is 11.1. The molecule has 1 N–H and O–H groups in total. The number of para-hydroxylation sites is 2. The number of ether oxygens (including phenoxy) is 1. The molecule has 1 aliphatic heterocycles. The van der Waals surface area contributed by atoms with Gasteiger partial charge in [-0.1, -0.05) is 36.4 Å². The Labute approximate surface area is 203 Å². The average Bonchev–Trinajstić information content (AvgIpc) is 2.82. The van der Waals surface area contributed by atoms with Gasteiger partial charge in [0.2, 0.25) is 0 Å². The summed E-state index contributed by atoms with van der Waals surface area (Å²) in [7, 11) is -2.28. The minimum atomic E-state index is -3.95. The highest BCUT2D eigenvalue weighted by Crippen LogP contribution is 2.52. The van der Waals surface area contributed by atoms with Crippen LogP contribution >= 0.6 is 23.5 Å². The molecule has 0 atom stereocenters. The Morgan fingerprint density at radius 3 is 2.03 bits per heavy atom. The molecule has 172 valence electrons. The monoisotopic (exact) mass is 499 g/mol. The minimum absolute atomic E-state index is 0.227. The van der Waals surface area contributed by atoms with Crippen LogP contribution in [0.4, 0.5) is 17.1 Å². The van der Waals surface area contributed by atoms with Crippen LogP contribution in [-0.2, 0) is 10.1 Å². The van der Waals surface area contributed by atoms with Crippen LogP contribution in [0.3, 0.4) is 0 Å². The van der Waals surface area contributed by atoms with Crippen molar-refractivity contribution < 1.29 is 17.7 Å². The van der Waals surface area contributed by atoms with E-state index in [0.717, 1.165) is 43.7 Å². The predicted octanol–water partition coefficient (Wildman–Crippen LogP) is 6.57. The summed E-state index contributed by atoms with van der Waals surface area (Å²) in [6, 6.07) is 24.7. The molecule has 0 unspecified atom stereocenters. The second kappa shape index (κ2) is 10.3. The van der Waals surface area contributed by atoms with E-state index in [0.29, 0.717) is 12.2 Å². The number of rotatable bonds is 8. The van der Waals surface area contributed by atoms with Gasteiger partial charge in [0, 0.05) is 26.6 Å². The summed E-state index contributed by atoms with van der Waals surface area (Å²) in [5, 5.41) is 0. The summed E-state index contributed by atoms with van der Waals surface area (Å²) in [6.45, 7) is 0. The maximum atomic E-state index is 11.1. The van der Waals surface area contributed by atoms with Gasteiger partial charge in [0.15, 0.2) is 0 Å². The molecule has 1 heterocycles. The summed E-state index contributed by atoms with van der Waals surface area (Å²) < 4.78 is 37.7. The van der Waals surface area contributed by atoms with Crippen LogP contribution in [0.5, 0.6) is 5.75 Å². The zero-order valence-corrected chi connectivity index (χ0v) is 20.8. The Balaban J connectivity index is 1.81. The van der Waals surface area contributed by atoms with Gasteiger partial charge in [-0.2, -0.15) is 8.42 Å². The summed E-state index contributed by atoms with van der Waals surface area (Å²) in [5.41, 5.74) is 6.61. The minimum Gasteiger partial charge on any atom is -0.497 e. The van der Waals surface area contributed by atoms with Crippen molar-refractivity contribution in [2.75, 3.05) is 29.8 Å². The lowest BCUT2D eigenvalue weighted by atomic mass is 9.91. The molecule has 0 aromatic heterocycles. The summed E-state index contributed by atoms with van der Waals surface area (Å²) in [4.78, 5) is 2.26. The fourth-order valence-corrected chi connectivity index (χ4v) is 6.58. The lowest BCUT2D eigenvalue weighted by Gasteiger charge is -2.35. The van der Waals surface area contributed by atoms with Crippen LogP contribution in [0, 0.1) is 0 Å². The molecule has 3 aromatic rings. The van der Waals surface area contributed by atoms with E-state index in [-0.39, 0.29) is 5.75 Å². The molecule has 0 saturated heterocycles. The van der Waals surface area contributed by atoms with E-state index in [2.05, 4.69) is 41.3 Å². The van der Waals surface area contributed by atoms with Gasteiger partial charge in [-0.25, -0.2) is 0 Å². The molecule has 3 aromatic carbocycles. The number of nitrogens with zero attached hydrogens (tertiary/aromatic N) is 1. The number of fused-ring (bicyclic) bond motifs is 2. The van der Waals surface area contributed by atoms with Crippen molar-refractivity contribution >= 4 is 56.3 Å². The van der Waals surface area contributed by atoms with E-state index in [1.807, 2.05) is 42.7 Å². The van der Waals surface area contributed by atoms with E-state index < -0.39 is 10.1 Å². The van der Waals surface area contributed by atoms with Gasteiger partial charge in [0.05, 0.1) is 24.2 Å². The van der Waals surface area contributed by atoms with Crippen molar-refractivity contribution in [2.24, 2.45) is 0 Å². The molecule has 33 heavy (non-hydrogen) atoms. The van der Waals surface area contributed by atoms with E-state index in [1.165, 1.54) is 0 Å². The summed E-state index contributed by atoms with van der Waals surface area (Å²) in [6.07, 6.45) is 2.43. The Morgan fingerprint density at radius 2 is 1.52 bits per heavy atom. The molecular formula is C25H25NO4S3. The number of hydrogen-bond donors (Lipinski definition) is 1. The third-order valence-corrected chi connectivity index (χ3v) is 8.52. The number of anilines is 3. The first-order chi connectivity index (χ1) is 15.9. The van der Waals surface area contributed by atoms with Crippen LogP contribution in [-0.4, -0.2) is 37.8 Å². The predicted molar refractivity (Wildman–Crippen MR) is 141 cm³/mol. The van der Waals surface area contributed by atoms with E-state index in [9.17, 15) is 8.42 Å². The third kappa shape index (κ3) is 5.24. The van der Waals surface area contributed by atoms with Crippen molar-refractivity contribution in [1.82, 2.24) is 0 Å². The Kier molecular flexibility index (Phi) is 7.38. The van der Waals surface area contributed by atoms with Crippen LogP contribution < -0.4 is 9.64 Å². The highest BCUT2D eigenvalue weighted by Gasteiger charge is 2.29. The normalized spacial score (nSPS) is 12.8. The van der Waals surface area contributed by atoms with Crippen molar-refractivity contribution in [1.29, 1.82) is 0 Å². The molecule has 0 fully saturated rings. The molecule has 0 saturated carbocycles. The second-order valence-corrected chi connectivity index (χ2v) is 11.2. The van der Waals surface area contributed by atoms with Crippen LogP contribution in [0.2, 0.25) is 0 Å². The van der Waals surface area contributed by atoms with E-state index in [1.54, 1.807) is 30.6 Å². The first-order valence-electron chi connectivity index (χ1n) is 10.4. The van der Waals surface area contributed by atoms with Crippen molar-refractivity contribution in [3.63, 3.8) is 0 Å². The Morgan fingerprint density at radius 1 is 0.939 bits per heavy atom. The van der Waals surface area contributed by atoms with Gasteiger partial charge >= 0.3 is 0 Å². The fourth-order valence-electron chi connectivity index (χ4n) is 3.90. The number of thioether (sulfide) groups is 2. The fraction of sp³-hybridized carbons (Fsp3) is 0.200. The van der Waals surface area contributed by atoms with E-state index >= 15 is 0 Å². The molecular weight excluding hydrogens is 474 g/mol. The van der Waals surface area contributed by atoms with Crippen molar-refractivity contribution in [3.05, 3.63) is 88.2 Å². The topological polar surface area (TPSA) is 66.8 Å². The van der Waals surface area contributed by atoms with Crippen LogP contribution in [0.25, 0.3) is 5.57 Å². The molecule has 0 radical (unpaired) electrons. The summed E-state index contributed by atoms with van der Waals surface area (Å²) in [5.74, 6) is 1.19. The third-order valence-electron chi connectivity index (χ3n) is 5.33. The first-order valence-corrected chi connectivity index (χ1v) is 14.2. The highest BCUT2D eigenvalue weighted by atomic mass is 32.2. The Hall–Kier alpha value is -2.39. The van der Waals surface area contributed by atoms with Gasteiger partial charge in [0.25, 0.3) is 10.1 Å². The van der Waals surface area contributed by atoms with Crippen LogP contribution in [0.15, 0.2) is 77.0 Å². The SMILES string of the molecule is COc1ccc(N2c3ccccc3C(=C(SC)SCCCS(=O)(=O)O)c3ccccc32)cc1. The molecule has 0 amide bonds. The smallest absolute Gasteiger partial charge is 0.264 e. The number of benzene rings is 3. The molecule has 8 heteroatoms. The summed E-state index contributed by atoms with van der Waals surface area (Å²) >= 11 is 3.29. The lowest BCUT2D eigenvalue weighted by molar-refractivity contribution is 0.415. The molecule has 0 spiro atoms. The number of hydrogen-bond acceptors (Lipinski definition) is 6. The first kappa shape index (κ1) is 23.8. The zero-order valence-electron chi connectivity index (χ0n) is 18.4. The maximum Gasteiger partial charge on any atom is 0.264 e. The van der Waals surface area contributed by atoms with Crippen molar-refractivity contribution in [3.8, 4) is 5.75 Å². The molecule has 5 nitrogen and oxygen atoms in total. The van der Waals surface area contributed by atoms with Gasteiger partial charge in [-0.15, -0.1) is 23.5 Å². The van der Waals surface area contributed by atoms with Gasteiger partial charge < -0.3 is 9.64 Å².